The molecule has 0 radical (unpaired) electrons. The van der Waals surface area contributed by atoms with Crippen LogP contribution in [-0.4, -0.2) is 18.3 Å². The van der Waals surface area contributed by atoms with Crippen LogP contribution in [0.5, 0.6) is 0 Å². The standard InChI is InChI=1S/C13H18FNS/c14-11-5-7-13(8-6-11)16-10-2-4-12-3-1-9-15-12/h5-8,12,15H,1-4,9-10H2. The zero-order chi connectivity index (χ0) is 11.2. The van der Waals surface area contributed by atoms with Gasteiger partial charge in [0.05, 0.1) is 0 Å². The molecule has 1 unspecified atom stereocenters. The second-order valence-corrected chi connectivity index (χ2v) is 5.41. The maximum absolute atomic E-state index is 12.7. The highest BCUT2D eigenvalue weighted by Gasteiger charge is 2.12. The summed E-state index contributed by atoms with van der Waals surface area (Å²) in [4.78, 5) is 1.17. The Bertz CT molecular complexity index is 306. The van der Waals surface area contributed by atoms with E-state index in [4.69, 9.17) is 0 Å². The average molecular weight is 239 g/mol. The van der Waals surface area contributed by atoms with Gasteiger partial charge in [0, 0.05) is 10.9 Å². The van der Waals surface area contributed by atoms with E-state index in [1.165, 1.54) is 49.3 Å². The van der Waals surface area contributed by atoms with Crippen LogP contribution in [0.4, 0.5) is 4.39 Å². The molecule has 16 heavy (non-hydrogen) atoms. The molecule has 0 amide bonds. The minimum absolute atomic E-state index is 0.153. The first-order valence-electron chi connectivity index (χ1n) is 5.96. The summed E-state index contributed by atoms with van der Waals surface area (Å²) in [7, 11) is 0. The molecule has 3 heteroatoms. The number of hydrogen-bond donors (Lipinski definition) is 1. The number of thioether (sulfide) groups is 1. The third-order valence-corrected chi connectivity index (χ3v) is 4.04. The van der Waals surface area contributed by atoms with Gasteiger partial charge >= 0.3 is 0 Å². The zero-order valence-corrected chi connectivity index (χ0v) is 10.2. The lowest BCUT2D eigenvalue weighted by Crippen LogP contribution is -2.20. The van der Waals surface area contributed by atoms with Crippen LogP contribution in [0.1, 0.15) is 25.7 Å². The highest BCUT2D eigenvalue weighted by Crippen LogP contribution is 2.20. The van der Waals surface area contributed by atoms with E-state index >= 15 is 0 Å². The summed E-state index contributed by atoms with van der Waals surface area (Å²) in [6, 6.07) is 7.51. The third-order valence-electron chi connectivity index (χ3n) is 2.94. The highest BCUT2D eigenvalue weighted by molar-refractivity contribution is 7.99. The van der Waals surface area contributed by atoms with Crippen molar-refractivity contribution in [3.8, 4) is 0 Å². The van der Waals surface area contributed by atoms with E-state index in [2.05, 4.69) is 5.32 Å². The molecule has 1 atom stereocenters. The van der Waals surface area contributed by atoms with Gasteiger partial charge in [-0.1, -0.05) is 0 Å². The molecule has 1 aliphatic rings. The fourth-order valence-corrected chi connectivity index (χ4v) is 2.93. The van der Waals surface area contributed by atoms with E-state index in [1.54, 1.807) is 0 Å². The number of nitrogens with one attached hydrogen (secondary N) is 1. The molecular weight excluding hydrogens is 221 g/mol. The SMILES string of the molecule is Fc1ccc(SCCCC2CCCN2)cc1. The summed E-state index contributed by atoms with van der Waals surface area (Å²) < 4.78 is 12.7. The Hall–Kier alpha value is -0.540. The summed E-state index contributed by atoms with van der Waals surface area (Å²) >= 11 is 1.82. The van der Waals surface area contributed by atoms with E-state index < -0.39 is 0 Å². The first-order valence-corrected chi connectivity index (χ1v) is 6.95. The minimum atomic E-state index is -0.153. The van der Waals surface area contributed by atoms with Gasteiger partial charge in [-0.3, -0.25) is 0 Å². The van der Waals surface area contributed by atoms with Crippen LogP contribution in [0.3, 0.4) is 0 Å². The molecule has 1 nitrogen and oxygen atoms in total. The molecule has 0 aliphatic carbocycles. The molecule has 1 aliphatic heterocycles. The van der Waals surface area contributed by atoms with Crippen molar-refractivity contribution in [1.82, 2.24) is 5.32 Å². The summed E-state index contributed by atoms with van der Waals surface area (Å²) in [6.07, 6.45) is 5.17. The summed E-state index contributed by atoms with van der Waals surface area (Å²) in [5, 5.41) is 3.50. The summed E-state index contributed by atoms with van der Waals surface area (Å²) in [5.74, 6) is 0.976. The van der Waals surface area contributed by atoms with Crippen molar-refractivity contribution in [3.63, 3.8) is 0 Å². The predicted molar refractivity (Wildman–Crippen MR) is 67.4 cm³/mol. The van der Waals surface area contributed by atoms with Gasteiger partial charge < -0.3 is 5.32 Å². The lowest BCUT2D eigenvalue weighted by Gasteiger charge is -2.09. The van der Waals surface area contributed by atoms with Crippen molar-refractivity contribution in [2.24, 2.45) is 0 Å². The largest absolute Gasteiger partial charge is 0.314 e. The van der Waals surface area contributed by atoms with Crippen molar-refractivity contribution in [1.29, 1.82) is 0 Å². The van der Waals surface area contributed by atoms with Gasteiger partial charge in [-0.15, -0.1) is 11.8 Å². The van der Waals surface area contributed by atoms with Crippen molar-refractivity contribution < 1.29 is 4.39 Å². The monoisotopic (exact) mass is 239 g/mol. The Balaban J connectivity index is 1.62. The van der Waals surface area contributed by atoms with Crippen molar-refractivity contribution in [2.75, 3.05) is 12.3 Å². The second-order valence-electron chi connectivity index (χ2n) is 4.24. The molecule has 2 rings (SSSR count). The first-order chi connectivity index (χ1) is 7.84. The minimum Gasteiger partial charge on any atom is -0.314 e. The van der Waals surface area contributed by atoms with Gasteiger partial charge in [0.25, 0.3) is 0 Å². The zero-order valence-electron chi connectivity index (χ0n) is 9.42. The van der Waals surface area contributed by atoms with Crippen LogP contribution in [0.25, 0.3) is 0 Å². The van der Waals surface area contributed by atoms with Gasteiger partial charge in [-0.05, 0) is 62.2 Å². The van der Waals surface area contributed by atoms with Crippen LogP contribution in [0.15, 0.2) is 29.2 Å². The van der Waals surface area contributed by atoms with Gasteiger partial charge in [0.2, 0.25) is 0 Å². The quantitative estimate of drug-likeness (QED) is 0.624. The number of hydrogen-bond acceptors (Lipinski definition) is 2. The predicted octanol–water partition coefficient (Wildman–Crippen LogP) is 3.45. The number of halogens is 1. The smallest absolute Gasteiger partial charge is 0.123 e. The van der Waals surface area contributed by atoms with Crippen molar-refractivity contribution in [2.45, 2.75) is 36.6 Å². The average Bonchev–Trinajstić information content (AvgIpc) is 2.80. The van der Waals surface area contributed by atoms with Gasteiger partial charge in [-0.25, -0.2) is 4.39 Å². The van der Waals surface area contributed by atoms with Crippen molar-refractivity contribution in [3.05, 3.63) is 30.1 Å². The van der Waals surface area contributed by atoms with Crippen LogP contribution >= 0.6 is 11.8 Å². The van der Waals surface area contributed by atoms with Gasteiger partial charge in [0.1, 0.15) is 5.82 Å². The Morgan fingerprint density at radius 3 is 2.81 bits per heavy atom. The van der Waals surface area contributed by atoms with Crippen LogP contribution in [0.2, 0.25) is 0 Å². The topological polar surface area (TPSA) is 12.0 Å². The van der Waals surface area contributed by atoms with Gasteiger partial charge in [-0.2, -0.15) is 0 Å². The van der Waals surface area contributed by atoms with Gasteiger partial charge in [0.15, 0.2) is 0 Å². The Labute approximate surface area is 101 Å². The molecule has 1 N–H and O–H groups in total. The normalized spacial score (nSPS) is 20.2. The number of rotatable bonds is 5. The first kappa shape index (κ1) is 11.9. The lowest BCUT2D eigenvalue weighted by molar-refractivity contribution is 0.553. The Morgan fingerprint density at radius 1 is 1.31 bits per heavy atom. The molecule has 1 saturated heterocycles. The molecule has 0 aromatic heterocycles. The molecule has 0 spiro atoms. The fourth-order valence-electron chi connectivity index (χ4n) is 2.05. The maximum Gasteiger partial charge on any atom is 0.123 e. The Kier molecular flexibility index (Phi) is 4.67. The van der Waals surface area contributed by atoms with E-state index in [0.717, 1.165) is 11.8 Å². The van der Waals surface area contributed by atoms with Crippen LogP contribution in [0, 0.1) is 5.82 Å². The summed E-state index contributed by atoms with van der Waals surface area (Å²) in [6.45, 7) is 1.19. The third kappa shape index (κ3) is 3.80. The molecule has 0 bridgehead atoms. The Morgan fingerprint density at radius 2 is 2.12 bits per heavy atom. The van der Waals surface area contributed by atoms with Crippen molar-refractivity contribution >= 4 is 11.8 Å². The lowest BCUT2D eigenvalue weighted by atomic mass is 10.1. The summed E-state index contributed by atoms with van der Waals surface area (Å²) in [5.41, 5.74) is 0. The van der Waals surface area contributed by atoms with E-state index in [1.807, 2.05) is 23.9 Å². The van der Waals surface area contributed by atoms with E-state index in [-0.39, 0.29) is 5.82 Å². The second kappa shape index (κ2) is 6.26. The fraction of sp³-hybridized carbons (Fsp3) is 0.538. The molecule has 1 fully saturated rings. The maximum atomic E-state index is 12.7. The molecule has 1 aromatic rings. The molecular formula is C13H18FNS. The molecule has 88 valence electrons. The molecule has 1 aromatic carbocycles. The van der Waals surface area contributed by atoms with Crippen LogP contribution < -0.4 is 5.32 Å². The van der Waals surface area contributed by atoms with E-state index in [0.29, 0.717) is 0 Å². The molecule has 0 saturated carbocycles. The van der Waals surface area contributed by atoms with Crippen LogP contribution in [-0.2, 0) is 0 Å². The number of benzene rings is 1. The highest BCUT2D eigenvalue weighted by atomic mass is 32.2. The molecule has 1 heterocycles. The van der Waals surface area contributed by atoms with E-state index in [9.17, 15) is 4.39 Å².